The summed E-state index contributed by atoms with van der Waals surface area (Å²) in [4.78, 5) is 79.5. The fourth-order valence-electron chi connectivity index (χ4n) is 15.6. The van der Waals surface area contributed by atoms with Crippen LogP contribution in [0, 0.1) is 20.2 Å². The van der Waals surface area contributed by atoms with Crippen LogP contribution in [0.2, 0.25) is 0 Å². The Bertz CT molecular complexity index is 5170. The van der Waals surface area contributed by atoms with Gasteiger partial charge in [0.15, 0.2) is 21.4 Å². The van der Waals surface area contributed by atoms with Crippen molar-refractivity contribution in [1.29, 1.82) is 0 Å². The Labute approximate surface area is 650 Å². The van der Waals surface area contributed by atoms with Gasteiger partial charge in [-0.25, -0.2) is 31.1 Å². The number of carbonyl (C=O) groups is 4. The molecular weight excluding hydrogens is 1450 g/mol. The van der Waals surface area contributed by atoms with Gasteiger partial charge < -0.3 is 37.9 Å². The molecule has 0 bridgehead atoms. The summed E-state index contributed by atoms with van der Waals surface area (Å²) in [5.41, 5.74) is 10.3. The van der Waals surface area contributed by atoms with E-state index >= 15 is 0 Å². The molecule has 0 amide bonds. The first-order valence-electron chi connectivity index (χ1n) is 38.2. The van der Waals surface area contributed by atoms with Gasteiger partial charge in [0, 0.05) is 102 Å². The number of carbonyl (C=O) groups excluding carboxylic acids is 4. The molecule has 26 heteroatoms. The van der Waals surface area contributed by atoms with E-state index in [1.54, 1.807) is 14.2 Å². The van der Waals surface area contributed by atoms with Crippen molar-refractivity contribution in [3.05, 3.63) is 186 Å². The second-order valence-electron chi connectivity index (χ2n) is 31.4. The van der Waals surface area contributed by atoms with Gasteiger partial charge in [0.25, 0.3) is 11.4 Å². The van der Waals surface area contributed by atoms with Gasteiger partial charge in [0.2, 0.25) is 20.0 Å². The van der Waals surface area contributed by atoms with Crippen molar-refractivity contribution >= 4 is 88.9 Å². The summed E-state index contributed by atoms with van der Waals surface area (Å²) in [6.45, 7) is 13.7. The number of allylic oxidation sites excluding steroid dienone is 2. The first-order chi connectivity index (χ1) is 52.7. The number of rotatable bonds is 28. The molecule has 1 N–H and O–H groups in total. The van der Waals surface area contributed by atoms with Crippen LogP contribution in [-0.2, 0) is 52.2 Å². The van der Waals surface area contributed by atoms with Crippen LogP contribution in [0.25, 0.3) is 56.5 Å². The van der Waals surface area contributed by atoms with E-state index in [0.717, 1.165) is 117 Å². The SMILES string of the molecule is COc1ccc2c(c1)C=C(C(=O)CCCN(C)CCN(C)S(=O)(=O)c1ccccc1[N+](=O)[O-])Cn1c-2c(C2CCCCC2)c2ccc(C(=O)OC(C)(C)C)cc21.COc1ccc2c(c1)C=C(C(=O)CCCN(C)CCNS(=O)(=O)c1ccccc1[N+](=O)[O-])Cn1c-2c(C2CCCCC2)c2ccc(C(=O)OC(C)(C)C)cc21. The molecule has 0 atom stereocenters. The number of ketones is 2. The lowest BCUT2D eigenvalue weighted by molar-refractivity contribution is -0.388. The molecule has 2 saturated carbocycles. The molecule has 2 fully saturated rings. The lowest BCUT2D eigenvalue weighted by atomic mass is 9.81. The maximum Gasteiger partial charge on any atom is 0.338 e. The van der Waals surface area contributed by atoms with Crippen LogP contribution >= 0.6 is 0 Å². The molecule has 0 saturated heterocycles. The van der Waals surface area contributed by atoms with Crippen LogP contribution in [-0.4, -0.2) is 159 Å². The third kappa shape index (κ3) is 19.3. The molecule has 0 unspecified atom stereocenters. The fourth-order valence-corrected chi connectivity index (χ4v) is 18.1. The number of hydrogen-bond donors (Lipinski definition) is 1. The highest BCUT2D eigenvalue weighted by Crippen LogP contribution is 2.50. The third-order valence-electron chi connectivity index (χ3n) is 21.1. The Kier molecular flexibility index (Phi) is 25.9. The van der Waals surface area contributed by atoms with Crippen LogP contribution in [0.4, 0.5) is 11.4 Å². The lowest BCUT2D eigenvalue weighted by Crippen LogP contribution is -2.35. The molecule has 111 heavy (non-hydrogen) atoms. The quantitative estimate of drug-likeness (QED) is 0.0271. The van der Waals surface area contributed by atoms with Gasteiger partial charge in [-0.3, -0.25) is 29.8 Å². The number of esters is 2. The van der Waals surface area contributed by atoms with Crippen LogP contribution in [0.5, 0.6) is 11.5 Å². The summed E-state index contributed by atoms with van der Waals surface area (Å²) < 4.78 is 82.8. The highest BCUT2D eigenvalue weighted by Gasteiger charge is 2.36. The Hall–Kier alpha value is -9.70. The number of benzene rings is 6. The minimum absolute atomic E-state index is 0.000432. The monoisotopic (exact) mass is 1550 g/mol. The van der Waals surface area contributed by atoms with Gasteiger partial charge in [-0.1, -0.05) is 74.9 Å². The van der Waals surface area contributed by atoms with Gasteiger partial charge in [0.05, 0.1) is 59.7 Å². The zero-order valence-electron chi connectivity index (χ0n) is 65.4. The Morgan fingerprint density at radius 1 is 0.523 bits per heavy atom. The number of nitrogens with zero attached hydrogens (tertiary/aromatic N) is 7. The Balaban J connectivity index is 0.000000220. The van der Waals surface area contributed by atoms with Crippen molar-refractivity contribution in [3.63, 3.8) is 0 Å². The van der Waals surface area contributed by atoms with Gasteiger partial charge in [0.1, 0.15) is 22.7 Å². The number of likely N-dealkylation sites (N-methyl/N-ethyl adjacent to an activating group) is 3. The molecular formula is C85H102N8O16S2. The van der Waals surface area contributed by atoms with Gasteiger partial charge in [-0.15, -0.1) is 0 Å². The molecule has 2 aromatic heterocycles. The zero-order chi connectivity index (χ0) is 79.9. The van der Waals surface area contributed by atoms with E-state index in [1.165, 1.54) is 73.5 Å². The molecule has 590 valence electrons. The Morgan fingerprint density at radius 2 is 0.937 bits per heavy atom. The largest absolute Gasteiger partial charge is 0.497 e. The first-order valence-corrected chi connectivity index (χ1v) is 41.1. The second-order valence-corrected chi connectivity index (χ2v) is 35.2. The average molecular weight is 1560 g/mol. The molecule has 24 nitrogen and oxygen atoms in total. The molecule has 0 spiro atoms. The van der Waals surface area contributed by atoms with Gasteiger partial charge in [-0.05, 0) is 226 Å². The summed E-state index contributed by atoms with van der Waals surface area (Å²) >= 11 is 0. The van der Waals surface area contributed by atoms with Crippen LogP contribution in [0.3, 0.4) is 0 Å². The highest BCUT2D eigenvalue weighted by molar-refractivity contribution is 7.89. The second kappa shape index (κ2) is 34.9. The number of sulfonamides is 2. The number of Topliss-reactive ketones (excluding diaryl/α,β-unsaturated/α-hetero) is 2. The third-order valence-corrected chi connectivity index (χ3v) is 24.5. The van der Waals surface area contributed by atoms with E-state index in [1.807, 2.05) is 138 Å². The molecule has 4 aliphatic rings. The number of aromatic nitrogens is 2. The maximum absolute atomic E-state index is 14.2. The average Bonchev–Trinajstić information content (AvgIpc) is 1.58. The standard InChI is InChI=1S/C43H52N4O8S.C42H50N4O8S/c1-43(2,3)55-42(49)30-18-20-35-37(27-30)46-28-32(25-31-26-33(54-6)19-21-34(31)41(46)40(35)29-13-8-7-9-14-29)38(48)16-12-22-44(4)23-24-45(5)56(52,53)39-17-11-10-15-36(39)47(50)51;1-42(2,3)54-41(48)29-17-19-34-36(26-29)45-27-31(24-30-25-32(53-5)18-20-33(30)40(45)39(34)28-12-7-6-8-13-28)37(47)15-11-22-44(4)23-21-43-55(51,52)38-16-10-9-14-35(38)46(49)50/h10-11,15,17-21,25-27,29H,7-9,12-14,16,22-24,28H2,1-6H3;9-10,14,16-20,24-26,28,43H,6-8,11-13,15,21-23,27H2,1-5H3. The van der Waals surface area contributed by atoms with Crippen LogP contribution < -0.4 is 14.2 Å². The number of ether oxygens (including phenoxy) is 4. The number of para-hydroxylation sites is 2. The summed E-state index contributed by atoms with van der Waals surface area (Å²) in [5, 5.41) is 25.0. The predicted molar refractivity (Wildman–Crippen MR) is 430 cm³/mol. The van der Waals surface area contributed by atoms with E-state index in [9.17, 15) is 56.2 Å². The molecule has 12 rings (SSSR count). The highest BCUT2D eigenvalue weighted by atomic mass is 32.2. The summed E-state index contributed by atoms with van der Waals surface area (Å²) in [7, 11) is 0.184. The van der Waals surface area contributed by atoms with Gasteiger partial charge in [-0.2, -0.15) is 4.31 Å². The summed E-state index contributed by atoms with van der Waals surface area (Å²) in [6, 6.07) is 34.2. The lowest BCUT2D eigenvalue weighted by Gasteiger charge is -2.24. The first kappa shape index (κ1) is 82.3. The smallest absolute Gasteiger partial charge is 0.338 e. The van der Waals surface area contributed by atoms with Crippen LogP contribution in [0.1, 0.15) is 186 Å². The zero-order valence-corrected chi connectivity index (χ0v) is 67.0. The number of nitro benzene ring substituents is 2. The van der Waals surface area contributed by atoms with E-state index < -0.39 is 64.4 Å². The van der Waals surface area contributed by atoms with Crippen molar-refractivity contribution in [1.82, 2.24) is 28.0 Å². The normalized spacial score (nSPS) is 14.9. The summed E-state index contributed by atoms with van der Waals surface area (Å²) in [6.07, 6.45) is 16.9. The van der Waals surface area contributed by atoms with Crippen molar-refractivity contribution in [3.8, 4) is 34.0 Å². The molecule has 4 heterocycles. The maximum atomic E-state index is 14.2. The number of hydrogen-bond acceptors (Lipinski definition) is 18. The van der Waals surface area contributed by atoms with E-state index in [4.69, 9.17) is 18.9 Å². The minimum atomic E-state index is -4.09. The molecule has 6 aromatic carbocycles. The van der Waals surface area contributed by atoms with E-state index in [-0.39, 0.29) is 47.3 Å². The van der Waals surface area contributed by atoms with Crippen molar-refractivity contribution < 1.29 is 64.8 Å². The topological polar surface area (TPSA) is 291 Å². The molecule has 2 aliphatic heterocycles. The van der Waals surface area contributed by atoms with Crippen molar-refractivity contribution in [2.75, 3.05) is 74.6 Å². The fraction of sp³-hybridized carbons (Fsp3) is 0.435. The minimum Gasteiger partial charge on any atom is -0.497 e. The molecule has 8 aromatic rings. The number of nitrogens with one attached hydrogen (secondary N) is 1. The van der Waals surface area contributed by atoms with Crippen LogP contribution in [0.15, 0.2) is 142 Å². The number of methoxy groups -OCH3 is 2. The van der Waals surface area contributed by atoms with E-state index in [0.29, 0.717) is 97.7 Å². The van der Waals surface area contributed by atoms with E-state index in [2.05, 4.69) is 26.0 Å². The van der Waals surface area contributed by atoms with Crippen molar-refractivity contribution in [2.24, 2.45) is 0 Å². The summed E-state index contributed by atoms with van der Waals surface area (Å²) in [5.74, 6) is 1.28. The molecule has 2 aliphatic carbocycles. The number of nitro groups is 2. The van der Waals surface area contributed by atoms with Gasteiger partial charge >= 0.3 is 11.9 Å². The number of fused-ring (bicyclic) bond motifs is 10. The van der Waals surface area contributed by atoms with Crippen molar-refractivity contribution in [2.45, 2.75) is 177 Å². The predicted octanol–water partition coefficient (Wildman–Crippen LogP) is 16.1. The molecule has 0 radical (unpaired) electrons. The Morgan fingerprint density at radius 3 is 1.36 bits per heavy atom.